The predicted molar refractivity (Wildman–Crippen MR) is 121 cm³/mol. The van der Waals surface area contributed by atoms with E-state index in [1.54, 1.807) is 12.4 Å². The second kappa shape index (κ2) is 7.59. The van der Waals surface area contributed by atoms with E-state index in [1.165, 1.54) is 6.07 Å². The standard InChI is InChI=1S/C23H24FN7O/c1-30-12-17-10-16(30)13-31(17)20-3-2-15(9-18(20)24)28-23-26-5-4-19(29-23)14-8-21-22(27-11-14)25-6-7-32-21/h2-5,8-9,11,16-17H,6-7,10,12-13H2,1H3,(H,25,27)(H,26,28,29)/t16-,17-/m0/s1. The molecular weight excluding hydrogens is 409 g/mol. The molecule has 2 saturated heterocycles. The molecule has 2 N–H and O–H groups in total. The predicted octanol–water partition coefficient (Wildman–Crippen LogP) is 3.12. The largest absolute Gasteiger partial charge is 0.488 e. The first-order valence-corrected chi connectivity index (χ1v) is 10.9. The van der Waals surface area contributed by atoms with Crippen molar-refractivity contribution >= 4 is 23.1 Å². The summed E-state index contributed by atoms with van der Waals surface area (Å²) in [6.45, 7) is 3.21. The molecule has 6 rings (SSSR count). The van der Waals surface area contributed by atoms with Crippen LogP contribution >= 0.6 is 0 Å². The minimum absolute atomic E-state index is 0.232. The van der Waals surface area contributed by atoms with E-state index < -0.39 is 0 Å². The summed E-state index contributed by atoms with van der Waals surface area (Å²) in [6, 6.07) is 9.88. The van der Waals surface area contributed by atoms with Crippen molar-refractivity contribution in [1.82, 2.24) is 19.9 Å². The van der Waals surface area contributed by atoms with Gasteiger partial charge in [0.05, 0.1) is 17.9 Å². The zero-order chi connectivity index (χ0) is 21.7. The first-order valence-electron chi connectivity index (χ1n) is 10.9. The number of fused-ring (bicyclic) bond motifs is 3. The highest BCUT2D eigenvalue weighted by Crippen LogP contribution is 2.36. The highest BCUT2D eigenvalue weighted by Gasteiger charge is 2.42. The van der Waals surface area contributed by atoms with Crippen LogP contribution in [0.15, 0.2) is 42.7 Å². The number of benzene rings is 1. The van der Waals surface area contributed by atoms with Gasteiger partial charge in [-0.3, -0.25) is 4.90 Å². The summed E-state index contributed by atoms with van der Waals surface area (Å²) in [5.74, 6) is 1.61. The van der Waals surface area contributed by atoms with E-state index >= 15 is 0 Å². The van der Waals surface area contributed by atoms with Gasteiger partial charge >= 0.3 is 0 Å². The molecule has 0 unspecified atom stereocenters. The number of nitrogens with one attached hydrogen (secondary N) is 2. The molecule has 2 aromatic heterocycles. The third kappa shape index (κ3) is 3.38. The number of aromatic nitrogens is 3. The summed E-state index contributed by atoms with van der Waals surface area (Å²) in [6.07, 6.45) is 4.53. The Morgan fingerprint density at radius 1 is 1.16 bits per heavy atom. The molecule has 1 aromatic carbocycles. The van der Waals surface area contributed by atoms with Crippen molar-refractivity contribution in [3.63, 3.8) is 0 Å². The molecular formula is C23H24FN7O. The molecule has 2 atom stereocenters. The Hall–Kier alpha value is -3.46. The van der Waals surface area contributed by atoms with Gasteiger partial charge in [0, 0.05) is 48.8 Å². The molecule has 0 aliphatic carbocycles. The number of piperazine rings is 1. The van der Waals surface area contributed by atoms with Gasteiger partial charge in [0.2, 0.25) is 5.95 Å². The Labute approximate surface area is 185 Å². The Balaban J connectivity index is 1.21. The van der Waals surface area contributed by atoms with Crippen LogP contribution in [0.1, 0.15) is 6.42 Å². The van der Waals surface area contributed by atoms with Crippen molar-refractivity contribution in [1.29, 1.82) is 0 Å². The maximum atomic E-state index is 15.0. The first kappa shape index (κ1) is 19.2. The van der Waals surface area contributed by atoms with Crippen molar-refractivity contribution in [2.45, 2.75) is 18.5 Å². The van der Waals surface area contributed by atoms with Crippen molar-refractivity contribution in [2.24, 2.45) is 0 Å². The molecule has 3 aliphatic rings. The summed E-state index contributed by atoms with van der Waals surface area (Å²) < 4.78 is 20.6. The maximum absolute atomic E-state index is 15.0. The average Bonchev–Trinajstić information content (AvgIpc) is 3.39. The lowest BCUT2D eigenvalue weighted by atomic mass is 10.2. The average molecular weight is 433 g/mol. The molecule has 3 aromatic rings. The number of hydrogen-bond acceptors (Lipinski definition) is 8. The van der Waals surface area contributed by atoms with Gasteiger partial charge in [-0.05, 0) is 43.8 Å². The van der Waals surface area contributed by atoms with E-state index in [1.807, 2.05) is 24.3 Å². The van der Waals surface area contributed by atoms with E-state index in [9.17, 15) is 4.39 Å². The van der Waals surface area contributed by atoms with E-state index in [0.717, 1.165) is 37.4 Å². The number of ether oxygens (including phenoxy) is 1. The molecule has 3 aliphatic heterocycles. The van der Waals surface area contributed by atoms with Crippen LogP contribution < -0.4 is 20.3 Å². The van der Waals surface area contributed by atoms with Crippen LogP contribution in [0.3, 0.4) is 0 Å². The van der Waals surface area contributed by atoms with E-state index in [0.29, 0.717) is 47.5 Å². The number of anilines is 4. The Morgan fingerprint density at radius 2 is 2.09 bits per heavy atom. The van der Waals surface area contributed by atoms with Crippen LogP contribution in [0.25, 0.3) is 11.3 Å². The fourth-order valence-electron chi connectivity index (χ4n) is 4.85. The normalized spacial score (nSPS) is 21.8. The Bertz CT molecular complexity index is 1170. The zero-order valence-electron chi connectivity index (χ0n) is 17.8. The lowest BCUT2D eigenvalue weighted by molar-refractivity contribution is 0.292. The van der Waals surface area contributed by atoms with Gasteiger partial charge in [0.1, 0.15) is 12.4 Å². The SMILES string of the molecule is CN1C[C@@H]2C[C@H]1CN2c1ccc(Nc2nccc(-c3cnc4c(c3)OCCN4)n2)cc1F. The third-order valence-corrected chi connectivity index (χ3v) is 6.48. The molecule has 32 heavy (non-hydrogen) atoms. The van der Waals surface area contributed by atoms with Gasteiger partial charge in [-0.25, -0.2) is 19.3 Å². The lowest BCUT2D eigenvalue weighted by Gasteiger charge is -2.33. The number of pyridine rings is 1. The Morgan fingerprint density at radius 3 is 2.91 bits per heavy atom. The topological polar surface area (TPSA) is 78.4 Å². The Kier molecular flexibility index (Phi) is 4.57. The summed E-state index contributed by atoms with van der Waals surface area (Å²) in [7, 11) is 2.14. The first-order chi connectivity index (χ1) is 15.6. The second-order valence-corrected chi connectivity index (χ2v) is 8.54. The van der Waals surface area contributed by atoms with E-state index in [4.69, 9.17) is 4.74 Å². The zero-order valence-corrected chi connectivity index (χ0v) is 17.8. The van der Waals surface area contributed by atoms with Gasteiger partial charge in [0.15, 0.2) is 11.6 Å². The molecule has 5 heterocycles. The number of rotatable bonds is 4. The van der Waals surface area contributed by atoms with Crippen LogP contribution in [0, 0.1) is 5.82 Å². The van der Waals surface area contributed by atoms with Crippen LogP contribution in [0.5, 0.6) is 5.75 Å². The number of likely N-dealkylation sites (tertiary alicyclic amines) is 1. The smallest absolute Gasteiger partial charge is 0.227 e. The molecule has 0 saturated carbocycles. The summed E-state index contributed by atoms with van der Waals surface area (Å²) in [4.78, 5) is 17.8. The van der Waals surface area contributed by atoms with E-state index in [2.05, 4.69) is 42.4 Å². The van der Waals surface area contributed by atoms with Crippen LogP contribution in [0.2, 0.25) is 0 Å². The highest BCUT2D eigenvalue weighted by atomic mass is 19.1. The highest BCUT2D eigenvalue weighted by molar-refractivity contribution is 5.67. The van der Waals surface area contributed by atoms with Crippen molar-refractivity contribution in [2.75, 3.05) is 48.8 Å². The van der Waals surface area contributed by atoms with Gasteiger partial charge in [-0.15, -0.1) is 0 Å². The number of likely N-dealkylation sites (N-methyl/N-ethyl adjacent to an activating group) is 1. The number of nitrogens with zero attached hydrogens (tertiary/aromatic N) is 5. The van der Waals surface area contributed by atoms with Gasteiger partial charge in [0.25, 0.3) is 0 Å². The second-order valence-electron chi connectivity index (χ2n) is 8.54. The monoisotopic (exact) mass is 433 g/mol. The maximum Gasteiger partial charge on any atom is 0.227 e. The number of halogens is 1. The molecule has 0 amide bonds. The van der Waals surface area contributed by atoms with Crippen LogP contribution in [-0.2, 0) is 0 Å². The number of hydrogen-bond donors (Lipinski definition) is 2. The third-order valence-electron chi connectivity index (χ3n) is 6.48. The van der Waals surface area contributed by atoms with Gasteiger partial charge < -0.3 is 20.3 Å². The quantitative estimate of drug-likeness (QED) is 0.650. The molecule has 0 radical (unpaired) electrons. The van der Waals surface area contributed by atoms with Gasteiger partial charge in [-0.2, -0.15) is 0 Å². The van der Waals surface area contributed by atoms with Crippen LogP contribution in [-0.4, -0.2) is 65.2 Å². The summed E-state index contributed by atoms with van der Waals surface area (Å²) in [5, 5.41) is 6.33. The minimum Gasteiger partial charge on any atom is -0.488 e. The fourth-order valence-corrected chi connectivity index (χ4v) is 4.85. The van der Waals surface area contributed by atoms with Crippen molar-refractivity contribution < 1.29 is 9.13 Å². The molecule has 2 bridgehead atoms. The molecule has 2 fully saturated rings. The fraction of sp³-hybridized carbons (Fsp3) is 0.348. The van der Waals surface area contributed by atoms with E-state index in [-0.39, 0.29) is 5.82 Å². The molecule has 0 spiro atoms. The van der Waals surface area contributed by atoms with Crippen LogP contribution in [0.4, 0.5) is 27.5 Å². The lowest BCUT2D eigenvalue weighted by Crippen LogP contribution is -2.44. The minimum atomic E-state index is -0.232. The summed E-state index contributed by atoms with van der Waals surface area (Å²) >= 11 is 0. The van der Waals surface area contributed by atoms with Crippen molar-refractivity contribution in [3.8, 4) is 17.0 Å². The molecule has 164 valence electrons. The summed E-state index contributed by atoms with van der Waals surface area (Å²) in [5.41, 5.74) is 2.82. The molecule has 9 heteroatoms. The van der Waals surface area contributed by atoms with Crippen molar-refractivity contribution in [3.05, 3.63) is 48.5 Å². The van der Waals surface area contributed by atoms with Gasteiger partial charge in [-0.1, -0.05) is 0 Å². The molecule has 8 nitrogen and oxygen atoms in total.